The minimum Gasteiger partial charge on any atom is -0.445 e. The molecule has 7 heterocycles. The molecule has 4 N–H and O–H groups in total. The van der Waals surface area contributed by atoms with Crippen molar-refractivity contribution in [3.8, 4) is 0 Å². The Morgan fingerprint density at radius 1 is 0.373 bits per heavy atom. The number of fused-ring (bicyclic) bond motifs is 7. The molecule has 0 bridgehead atoms. The van der Waals surface area contributed by atoms with Crippen LogP contribution in [0, 0.1) is 106 Å². The Labute approximate surface area is 761 Å². The SMILES string of the molecule is CCC1CC[C@@H]2CN(C(=O)OC(C)(C)C)CC[C@@H]2C1.CCC1CC[C@@H]2CN(C(=O)OC(C)(C)C)C[C@@H]2C1.CCCC1[C@H]2CN(C(=O)OC(C)(C)C)C[C@@H]12.CNC1C[C@@H]2CN(C(=O)OC(C)(C)C)C[C@@H]2C1.CNC1C[C@@H]2CN(C(=O)OC(C)(C)C)C[C@@H]2C1.CN[C@@H]1C[C@@H]2CN(C(=O)OC(C)(C)C)C[C@]2(C)C1.CN[C@@H]1C[C@@H]2CN(C(=O)OCc3ccccc3)C[C@@H]2[C@H]1C. The Hall–Kier alpha value is -6.05. The molecule has 1 aromatic rings. The topological polar surface area (TPSA) is 255 Å². The minimum absolute atomic E-state index is 0.120. The summed E-state index contributed by atoms with van der Waals surface area (Å²) in [5.74, 6) is 12.4. The molecule has 25 nitrogen and oxygen atoms in total. The molecule has 126 heavy (non-hydrogen) atoms. The van der Waals surface area contributed by atoms with Crippen LogP contribution >= 0.6 is 0 Å². The average molecular weight is 1770 g/mol. The summed E-state index contributed by atoms with van der Waals surface area (Å²) in [6.45, 7) is 58.7. The lowest BCUT2D eigenvalue weighted by Gasteiger charge is -2.43. The Balaban J connectivity index is 0.000000167. The molecular weight excluding hydrogens is 1590 g/mol. The number of likely N-dealkylation sites (tertiary alicyclic amines) is 7. The first kappa shape index (κ1) is 104. The molecule has 7 aliphatic heterocycles. The predicted octanol–water partition coefficient (Wildman–Crippen LogP) is 19.1. The molecule has 7 amide bonds. The van der Waals surface area contributed by atoms with Gasteiger partial charge in [0.1, 0.15) is 40.2 Å². The molecular formula is C101H177N11O14. The van der Waals surface area contributed by atoms with Crippen molar-refractivity contribution in [1.29, 1.82) is 0 Å². The Kier molecular flexibility index (Phi) is 36.6. The van der Waals surface area contributed by atoms with E-state index in [-0.39, 0.29) is 76.1 Å². The highest BCUT2D eigenvalue weighted by Crippen LogP contribution is 2.55. The number of benzene rings is 1. The van der Waals surface area contributed by atoms with E-state index in [2.05, 4.69) is 55.9 Å². The van der Waals surface area contributed by atoms with Gasteiger partial charge in [-0.3, -0.25) is 0 Å². The minimum atomic E-state index is -0.400. The van der Waals surface area contributed by atoms with Crippen LogP contribution in [-0.4, -0.2) is 255 Å². The average Bonchev–Trinajstić information content (AvgIpc) is 1.58. The number of rotatable bonds is 10. The van der Waals surface area contributed by atoms with Crippen LogP contribution in [0.15, 0.2) is 30.3 Å². The van der Waals surface area contributed by atoms with Gasteiger partial charge < -0.3 is 88.7 Å². The van der Waals surface area contributed by atoms with Gasteiger partial charge in [-0.1, -0.05) is 103 Å². The van der Waals surface area contributed by atoms with E-state index in [1.165, 1.54) is 109 Å². The summed E-state index contributed by atoms with van der Waals surface area (Å²) in [6, 6.07) is 12.3. The standard InChI is InChI=1S/C17H24N2O2.C16H29NO2.C15H27NO2.C14H26N2O2.2C13H24N2O2.C13H23NO2/c1-12-15-10-19(9-14(15)8-16(12)18-2)17(20)21-11-13-6-4-3-5-7-13;1-5-12-6-7-14-11-17(9-8-13(14)10-12)15(18)19-16(2,3)4;1-5-11-6-7-12-9-16(10-13(12)8-11)14(17)18-15(2,3)4;1-13(2,3)18-12(17)16-8-10-6-11(15-5)7-14(10,4)9-16;2*1-13(2,3)17-12(16)15-7-9-5-11(14-4)6-10(9)8-15;1-5-6-9-10-7-14(8-11(9)10)12(15)16-13(2,3)4/h3-7,12,14-16,18H,8-11H2,1-2H3;12-14H,5-11H2,1-4H3;11-13H,5-10H2,1-4H3;10-11,15H,6-9H2,1-5H3;2*9-11,14H,5-8H2,1-4H3;9-11H,5-8H2,1-4H3/t12-,14-,15-,16-;12?,13-,14-;11?,12-,13+;10-,11-,14+;2*9-,10+,11?;9?,10-,11+/m1111.../s1. The van der Waals surface area contributed by atoms with Crippen molar-refractivity contribution in [3.05, 3.63) is 35.9 Å². The van der Waals surface area contributed by atoms with Gasteiger partial charge >= 0.3 is 42.7 Å². The zero-order valence-electron chi connectivity index (χ0n) is 83.7. The predicted molar refractivity (Wildman–Crippen MR) is 500 cm³/mol. The molecule has 0 radical (unpaired) electrons. The Bertz CT molecular complexity index is 3520. The van der Waals surface area contributed by atoms with Gasteiger partial charge in [-0.15, -0.1) is 0 Å². The number of hydrogen-bond donors (Lipinski definition) is 4. The fraction of sp³-hybridized carbons (Fsp3) is 0.871. The molecule has 7 aliphatic carbocycles. The summed E-state index contributed by atoms with van der Waals surface area (Å²) < 4.78 is 38.0. The van der Waals surface area contributed by atoms with Crippen molar-refractivity contribution in [3.63, 3.8) is 0 Å². The molecule has 7 saturated carbocycles. The van der Waals surface area contributed by atoms with E-state index in [9.17, 15) is 33.6 Å². The molecule has 1 aromatic carbocycles. The lowest BCUT2D eigenvalue weighted by Crippen LogP contribution is -2.47. The number of amides is 7. The second kappa shape index (κ2) is 44.4. The normalized spacial score (nSPS) is 32.7. The number of carbonyl (C=O) groups is 7. The third kappa shape index (κ3) is 30.8. The Morgan fingerprint density at radius 3 is 1.12 bits per heavy atom. The first-order valence-electron chi connectivity index (χ1n) is 49.4. The molecule has 22 atom stereocenters. The maximum absolute atomic E-state index is 12.2. The fourth-order valence-corrected chi connectivity index (χ4v) is 23.2. The van der Waals surface area contributed by atoms with Gasteiger partial charge in [0.15, 0.2) is 0 Å². The summed E-state index contributed by atoms with van der Waals surface area (Å²) in [4.78, 5) is 97.4. The van der Waals surface area contributed by atoms with Crippen molar-refractivity contribution in [1.82, 2.24) is 55.6 Å². The van der Waals surface area contributed by atoms with Crippen molar-refractivity contribution in [2.24, 2.45) is 106 Å². The number of piperidine rings is 2. The van der Waals surface area contributed by atoms with Crippen LogP contribution in [0.2, 0.25) is 0 Å². The van der Waals surface area contributed by atoms with E-state index in [0.29, 0.717) is 84.0 Å². The smallest absolute Gasteiger partial charge is 0.410 e. The lowest BCUT2D eigenvalue weighted by molar-refractivity contribution is 0.00165. The van der Waals surface area contributed by atoms with Gasteiger partial charge in [-0.25, -0.2) is 33.6 Å². The van der Waals surface area contributed by atoms with Crippen LogP contribution in [0.4, 0.5) is 33.6 Å². The Morgan fingerprint density at radius 2 is 0.730 bits per heavy atom. The van der Waals surface area contributed by atoms with Crippen LogP contribution in [0.25, 0.3) is 0 Å². The van der Waals surface area contributed by atoms with Crippen LogP contribution in [0.5, 0.6) is 0 Å². The molecule has 25 heteroatoms. The van der Waals surface area contributed by atoms with Crippen molar-refractivity contribution >= 4 is 42.7 Å². The van der Waals surface area contributed by atoms with Crippen molar-refractivity contribution in [2.45, 2.75) is 339 Å². The lowest BCUT2D eigenvalue weighted by atomic mass is 9.70. The summed E-state index contributed by atoms with van der Waals surface area (Å²) >= 11 is 0. The van der Waals surface area contributed by atoms with Gasteiger partial charge in [-0.2, -0.15) is 0 Å². The summed E-state index contributed by atoms with van der Waals surface area (Å²) in [6.07, 6.45) is 21.6. The number of nitrogens with one attached hydrogen (secondary N) is 4. The third-order valence-electron chi connectivity index (χ3n) is 29.9. The molecule has 15 rings (SSSR count). The number of hydrogen-bond acceptors (Lipinski definition) is 18. The first-order chi connectivity index (χ1) is 58.9. The molecule has 720 valence electrons. The van der Waals surface area contributed by atoms with Gasteiger partial charge in [-0.05, 0) is 341 Å². The van der Waals surface area contributed by atoms with Crippen molar-refractivity contribution in [2.75, 3.05) is 120 Å². The first-order valence-corrected chi connectivity index (χ1v) is 49.4. The highest BCUT2D eigenvalue weighted by atomic mass is 16.6. The second-order valence-electron chi connectivity index (χ2n) is 46.7. The highest BCUT2D eigenvalue weighted by Gasteiger charge is 2.57. The quantitative estimate of drug-likeness (QED) is 0.159. The third-order valence-corrected chi connectivity index (χ3v) is 29.9. The molecule has 0 spiro atoms. The van der Waals surface area contributed by atoms with Crippen LogP contribution in [-0.2, 0) is 39.8 Å². The van der Waals surface area contributed by atoms with Gasteiger partial charge in [0.25, 0.3) is 0 Å². The maximum atomic E-state index is 12.2. The van der Waals surface area contributed by atoms with E-state index >= 15 is 0 Å². The van der Waals surface area contributed by atoms with Gasteiger partial charge in [0, 0.05) is 116 Å². The fourth-order valence-electron chi connectivity index (χ4n) is 23.2. The highest BCUT2D eigenvalue weighted by molar-refractivity contribution is 5.71. The van der Waals surface area contributed by atoms with Crippen LogP contribution < -0.4 is 21.3 Å². The molecule has 7 saturated heterocycles. The largest absolute Gasteiger partial charge is 0.445 e. The number of carbonyl (C=O) groups excluding carboxylic acids is 7. The molecule has 14 aliphatic rings. The number of ether oxygens (including phenoxy) is 7. The summed E-state index contributed by atoms with van der Waals surface area (Å²) in [5.41, 5.74) is -0.996. The van der Waals surface area contributed by atoms with E-state index in [0.717, 1.165) is 151 Å². The summed E-state index contributed by atoms with van der Waals surface area (Å²) in [7, 11) is 8.11. The van der Waals surface area contributed by atoms with Crippen LogP contribution in [0.1, 0.15) is 280 Å². The van der Waals surface area contributed by atoms with Gasteiger partial charge in [0.2, 0.25) is 0 Å². The zero-order chi connectivity index (χ0) is 92.9. The van der Waals surface area contributed by atoms with E-state index in [1.807, 2.05) is 217 Å². The van der Waals surface area contributed by atoms with Crippen LogP contribution in [0.3, 0.4) is 0 Å². The van der Waals surface area contributed by atoms with Crippen molar-refractivity contribution < 1.29 is 66.7 Å². The summed E-state index contributed by atoms with van der Waals surface area (Å²) in [5, 5.41) is 13.4. The van der Waals surface area contributed by atoms with E-state index < -0.39 is 5.60 Å². The monoisotopic (exact) mass is 1770 g/mol. The maximum Gasteiger partial charge on any atom is 0.410 e. The van der Waals surface area contributed by atoms with Gasteiger partial charge in [0.05, 0.1) is 0 Å². The van der Waals surface area contributed by atoms with E-state index in [4.69, 9.17) is 33.2 Å². The molecule has 0 aromatic heterocycles. The molecule has 14 fully saturated rings. The van der Waals surface area contributed by atoms with E-state index in [1.54, 1.807) is 0 Å². The second-order valence-corrected chi connectivity index (χ2v) is 46.7. The molecule has 5 unspecified atom stereocenters. The zero-order valence-corrected chi connectivity index (χ0v) is 83.7. The number of nitrogens with zero attached hydrogens (tertiary/aromatic N) is 7.